The number of H-pyrrole nitrogens is 1. The highest BCUT2D eigenvalue weighted by Crippen LogP contribution is 2.06. The molecular formula is C11H18N6. The van der Waals surface area contributed by atoms with E-state index in [2.05, 4.69) is 32.4 Å². The van der Waals surface area contributed by atoms with Gasteiger partial charge >= 0.3 is 0 Å². The van der Waals surface area contributed by atoms with E-state index in [1.165, 1.54) is 0 Å². The minimum absolute atomic E-state index is 0.126. The summed E-state index contributed by atoms with van der Waals surface area (Å²) in [5, 5.41) is 2.96. The zero-order valence-electron chi connectivity index (χ0n) is 10.4. The average molecular weight is 234 g/mol. The van der Waals surface area contributed by atoms with E-state index >= 15 is 0 Å². The third kappa shape index (κ3) is 2.77. The molecule has 92 valence electrons. The van der Waals surface area contributed by atoms with E-state index in [1.807, 2.05) is 25.8 Å². The van der Waals surface area contributed by atoms with Crippen LogP contribution in [0.3, 0.4) is 0 Å². The van der Waals surface area contributed by atoms with E-state index in [0.717, 1.165) is 23.9 Å². The predicted octanol–water partition coefficient (Wildman–Crippen LogP) is 0.375. The molecule has 1 aromatic heterocycles. The summed E-state index contributed by atoms with van der Waals surface area (Å²) in [4.78, 5) is 13.8. The highest BCUT2D eigenvalue weighted by Gasteiger charge is 2.15. The Morgan fingerprint density at radius 2 is 2.18 bits per heavy atom. The predicted molar refractivity (Wildman–Crippen MR) is 68.7 cm³/mol. The van der Waals surface area contributed by atoms with Crippen molar-refractivity contribution >= 4 is 11.9 Å². The summed E-state index contributed by atoms with van der Waals surface area (Å²) < 4.78 is 0. The Bertz CT molecular complexity index is 458. The molecule has 2 rings (SSSR count). The Morgan fingerprint density at radius 1 is 1.41 bits per heavy atom. The molecule has 2 heterocycles. The van der Waals surface area contributed by atoms with Crippen molar-refractivity contribution in [3.05, 3.63) is 23.5 Å². The Morgan fingerprint density at radius 3 is 2.76 bits per heavy atom. The van der Waals surface area contributed by atoms with Gasteiger partial charge in [0.2, 0.25) is 5.96 Å². The largest absolute Gasteiger partial charge is 0.370 e. The summed E-state index contributed by atoms with van der Waals surface area (Å²) in [7, 11) is 1.97. The summed E-state index contributed by atoms with van der Waals surface area (Å²) in [6.07, 6.45) is -0.126. The smallest absolute Gasteiger partial charge is 0.203 e. The van der Waals surface area contributed by atoms with Crippen LogP contribution in [0.25, 0.3) is 0 Å². The van der Waals surface area contributed by atoms with E-state index in [9.17, 15) is 0 Å². The van der Waals surface area contributed by atoms with Crippen molar-refractivity contribution < 1.29 is 0 Å². The number of nitrogens with two attached hydrogens (primary N) is 1. The molecule has 1 unspecified atom stereocenters. The lowest BCUT2D eigenvalue weighted by atomic mass is 10.4. The van der Waals surface area contributed by atoms with Crippen molar-refractivity contribution in [2.24, 2.45) is 15.7 Å². The lowest BCUT2D eigenvalue weighted by molar-refractivity contribution is 0.472. The monoisotopic (exact) mass is 234 g/mol. The molecule has 0 fully saturated rings. The van der Waals surface area contributed by atoms with Crippen molar-refractivity contribution in [3.8, 4) is 0 Å². The zero-order chi connectivity index (χ0) is 12.4. The molecule has 17 heavy (non-hydrogen) atoms. The Hall–Kier alpha value is -1.98. The van der Waals surface area contributed by atoms with Gasteiger partial charge in [0, 0.05) is 18.4 Å². The first-order valence-electron chi connectivity index (χ1n) is 5.58. The van der Waals surface area contributed by atoms with Crippen LogP contribution >= 0.6 is 0 Å². The molecule has 0 bridgehead atoms. The quantitative estimate of drug-likeness (QED) is 0.691. The summed E-state index contributed by atoms with van der Waals surface area (Å²) in [6.45, 7) is 4.69. The number of aryl methyl sites for hydroxylation is 1. The molecule has 0 aliphatic carbocycles. The van der Waals surface area contributed by atoms with Gasteiger partial charge in [-0.3, -0.25) is 5.32 Å². The molecule has 0 saturated heterocycles. The summed E-state index contributed by atoms with van der Waals surface area (Å²) in [6, 6.07) is 4.12. The average Bonchev–Trinajstić information content (AvgIpc) is 2.62. The van der Waals surface area contributed by atoms with Crippen molar-refractivity contribution in [1.82, 2.24) is 15.2 Å². The first-order chi connectivity index (χ1) is 8.04. The van der Waals surface area contributed by atoms with Crippen LogP contribution in [-0.2, 0) is 6.54 Å². The van der Waals surface area contributed by atoms with Crippen molar-refractivity contribution in [1.29, 1.82) is 0 Å². The third-order valence-electron chi connectivity index (χ3n) is 2.54. The molecule has 1 atom stereocenters. The minimum Gasteiger partial charge on any atom is -0.370 e. The number of aromatic amines is 1. The molecular weight excluding hydrogens is 216 g/mol. The maximum atomic E-state index is 5.67. The summed E-state index contributed by atoms with van der Waals surface area (Å²) >= 11 is 0. The number of hydrogen-bond donors (Lipinski definition) is 3. The molecule has 1 aliphatic heterocycles. The fourth-order valence-corrected chi connectivity index (χ4v) is 1.77. The summed E-state index contributed by atoms with van der Waals surface area (Å²) in [5.41, 5.74) is 7.97. The Balaban J connectivity index is 2.03. The van der Waals surface area contributed by atoms with Crippen LogP contribution in [0.4, 0.5) is 0 Å². The van der Waals surface area contributed by atoms with Gasteiger partial charge in [-0.1, -0.05) is 0 Å². The second kappa shape index (κ2) is 4.48. The van der Waals surface area contributed by atoms with Crippen LogP contribution in [0.5, 0.6) is 0 Å². The molecule has 1 aliphatic rings. The molecule has 4 N–H and O–H groups in total. The van der Waals surface area contributed by atoms with Gasteiger partial charge in [0.15, 0.2) is 5.96 Å². The van der Waals surface area contributed by atoms with Gasteiger partial charge in [-0.05, 0) is 26.0 Å². The SMILES string of the molecule is Cc1ccc(CN(C)C2=NC(C)N=C(N)N2)[nH]1. The molecule has 0 saturated carbocycles. The van der Waals surface area contributed by atoms with Gasteiger partial charge in [-0.15, -0.1) is 0 Å². The second-order valence-corrected chi connectivity index (χ2v) is 4.25. The molecule has 0 aromatic carbocycles. The molecule has 6 heteroatoms. The number of nitrogens with one attached hydrogen (secondary N) is 2. The van der Waals surface area contributed by atoms with Crippen LogP contribution in [0.15, 0.2) is 22.1 Å². The third-order valence-corrected chi connectivity index (χ3v) is 2.54. The fourth-order valence-electron chi connectivity index (χ4n) is 1.77. The first kappa shape index (κ1) is 11.5. The van der Waals surface area contributed by atoms with Gasteiger partial charge in [-0.2, -0.15) is 0 Å². The van der Waals surface area contributed by atoms with E-state index in [4.69, 9.17) is 5.73 Å². The van der Waals surface area contributed by atoms with Crippen LogP contribution in [0, 0.1) is 6.92 Å². The van der Waals surface area contributed by atoms with Crippen LogP contribution < -0.4 is 11.1 Å². The maximum Gasteiger partial charge on any atom is 0.203 e. The standard InChI is InChI=1S/C11H18N6/c1-7-4-5-9(13-7)6-17(3)11-15-8(2)14-10(12)16-11/h4-5,8,13H,6H2,1-3H3,(H3,12,14,15,16). The maximum absolute atomic E-state index is 5.67. The first-order valence-corrected chi connectivity index (χ1v) is 5.58. The van der Waals surface area contributed by atoms with Crippen LogP contribution in [0.1, 0.15) is 18.3 Å². The number of guanidine groups is 2. The van der Waals surface area contributed by atoms with Crippen molar-refractivity contribution in [2.45, 2.75) is 26.6 Å². The van der Waals surface area contributed by atoms with E-state index in [0.29, 0.717) is 5.96 Å². The minimum atomic E-state index is -0.126. The molecule has 6 nitrogen and oxygen atoms in total. The second-order valence-electron chi connectivity index (χ2n) is 4.25. The number of aliphatic imine (C=N–C) groups is 2. The topological polar surface area (TPSA) is 81.8 Å². The van der Waals surface area contributed by atoms with Gasteiger partial charge in [-0.25, -0.2) is 9.98 Å². The summed E-state index contributed by atoms with van der Waals surface area (Å²) in [5.74, 6) is 1.16. The Kier molecular flexibility index (Phi) is 3.03. The molecule has 0 spiro atoms. The van der Waals surface area contributed by atoms with Crippen molar-refractivity contribution in [2.75, 3.05) is 7.05 Å². The molecule has 0 radical (unpaired) electrons. The lowest BCUT2D eigenvalue weighted by Gasteiger charge is -2.25. The number of hydrogen-bond acceptors (Lipinski definition) is 5. The molecule has 1 aromatic rings. The fraction of sp³-hybridized carbons (Fsp3) is 0.455. The highest BCUT2D eigenvalue weighted by atomic mass is 15.4. The van der Waals surface area contributed by atoms with Gasteiger partial charge in [0.1, 0.15) is 6.17 Å². The number of nitrogens with zero attached hydrogens (tertiary/aromatic N) is 3. The molecule has 0 amide bonds. The van der Waals surface area contributed by atoms with E-state index in [1.54, 1.807) is 0 Å². The van der Waals surface area contributed by atoms with Gasteiger partial charge in [0.05, 0.1) is 6.54 Å². The normalized spacial score (nSPS) is 19.4. The van der Waals surface area contributed by atoms with Gasteiger partial charge in [0.25, 0.3) is 0 Å². The van der Waals surface area contributed by atoms with Gasteiger partial charge < -0.3 is 15.6 Å². The number of rotatable bonds is 2. The Labute approximate surface area is 101 Å². The number of aromatic nitrogens is 1. The van der Waals surface area contributed by atoms with Crippen LogP contribution in [0.2, 0.25) is 0 Å². The van der Waals surface area contributed by atoms with E-state index < -0.39 is 0 Å². The highest BCUT2D eigenvalue weighted by molar-refractivity contribution is 5.99. The lowest BCUT2D eigenvalue weighted by Crippen LogP contribution is -2.48. The van der Waals surface area contributed by atoms with Crippen LogP contribution in [-0.4, -0.2) is 35.0 Å². The zero-order valence-corrected chi connectivity index (χ0v) is 10.4. The van der Waals surface area contributed by atoms with Crippen molar-refractivity contribution in [3.63, 3.8) is 0 Å². The van der Waals surface area contributed by atoms with E-state index in [-0.39, 0.29) is 6.17 Å².